The largest absolute Gasteiger partial charge is 0.747 e. The van der Waals surface area contributed by atoms with Crippen LogP contribution >= 0.6 is 0 Å². The number of rotatable bonds is 8. The Morgan fingerprint density at radius 3 is 2.43 bits per heavy atom. The van der Waals surface area contributed by atoms with Crippen molar-refractivity contribution in [3.05, 3.63) is 0 Å². The van der Waals surface area contributed by atoms with E-state index in [-0.39, 0.29) is 11.5 Å². The van der Waals surface area contributed by atoms with E-state index in [1.807, 2.05) is 0 Å². The summed E-state index contributed by atoms with van der Waals surface area (Å²) >= 11 is 0. The van der Waals surface area contributed by atoms with Crippen molar-refractivity contribution in [2.24, 2.45) is 0 Å². The van der Waals surface area contributed by atoms with E-state index in [1.165, 1.54) is 0 Å². The van der Waals surface area contributed by atoms with Crippen LogP contribution in [0.5, 0.6) is 0 Å². The zero-order valence-electron chi connectivity index (χ0n) is 11.7. The van der Waals surface area contributed by atoms with Gasteiger partial charge in [-0.05, 0) is 6.42 Å². The van der Waals surface area contributed by atoms with Crippen molar-refractivity contribution in [2.75, 3.05) is 0 Å². The minimum Gasteiger partial charge on any atom is -0.747 e. The van der Waals surface area contributed by atoms with Crippen LogP contribution in [0.25, 0.3) is 0 Å². The van der Waals surface area contributed by atoms with Crippen LogP contribution in [-0.4, -0.2) is 41.1 Å². The number of carbonyl (C=O) groups is 3. The maximum absolute atomic E-state index is 11.6. The van der Waals surface area contributed by atoms with E-state index in [0.29, 0.717) is 6.42 Å². The van der Waals surface area contributed by atoms with Crippen molar-refractivity contribution in [3.63, 3.8) is 0 Å². The fourth-order valence-corrected chi connectivity index (χ4v) is 2.61. The molecule has 0 N–H and O–H groups in total. The van der Waals surface area contributed by atoms with Gasteiger partial charge in [0, 0.05) is 6.42 Å². The van der Waals surface area contributed by atoms with Crippen molar-refractivity contribution >= 4 is 27.9 Å². The summed E-state index contributed by atoms with van der Waals surface area (Å²) in [6.07, 6.45) is 3.71. The second kappa shape index (κ2) is 7.51. The van der Waals surface area contributed by atoms with Crippen LogP contribution in [0.3, 0.4) is 0 Å². The van der Waals surface area contributed by atoms with Crippen LogP contribution < -0.4 is 0 Å². The molecule has 0 aromatic carbocycles. The Hall–Kier alpha value is -1.48. The molecule has 1 heterocycles. The molecule has 1 aliphatic rings. The van der Waals surface area contributed by atoms with E-state index in [9.17, 15) is 27.4 Å². The van der Waals surface area contributed by atoms with Crippen molar-refractivity contribution in [1.29, 1.82) is 0 Å². The number of carbonyl (C=O) groups excluding carboxylic acids is 3. The van der Waals surface area contributed by atoms with Gasteiger partial charge in [-0.1, -0.05) is 32.6 Å². The third-order valence-electron chi connectivity index (χ3n) is 3.09. The lowest BCUT2D eigenvalue weighted by molar-refractivity contribution is -0.197. The van der Waals surface area contributed by atoms with Crippen molar-refractivity contribution in [3.8, 4) is 0 Å². The van der Waals surface area contributed by atoms with Gasteiger partial charge in [-0.15, -0.1) is 5.06 Å². The Kier molecular flexibility index (Phi) is 6.28. The predicted molar refractivity (Wildman–Crippen MR) is 69.4 cm³/mol. The topological polar surface area (TPSA) is 121 Å². The summed E-state index contributed by atoms with van der Waals surface area (Å²) in [4.78, 5) is 39.0. The smallest absolute Gasteiger partial charge is 0.333 e. The molecular formula is C12H18NO7S-. The zero-order valence-corrected chi connectivity index (χ0v) is 12.6. The number of unbranched alkanes of at least 4 members (excludes halogenated alkanes) is 4. The highest BCUT2D eigenvalue weighted by Gasteiger charge is 2.45. The first-order chi connectivity index (χ1) is 9.77. The lowest BCUT2D eigenvalue weighted by Crippen LogP contribution is -2.36. The highest BCUT2D eigenvalue weighted by Crippen LogP contribution is 2.20. The first-order valence-electron chi connectivity index (χ1n) is 6.79. The molecule has 1 aliphatic heterocycles. The van der Waals surface area contributed by atoms with Gasteiger partial charge >= 0.3 is 5.97 Å². The zero-order chi connectivity index (χ0) is 16.0. The number of hydrogen-bond donors (Lipinski definition) is 0. The molecule has 120 valence electrons. The SMILES string of the molecule is CCCCCCCC(=O)ON1C(=O)CC(S(=O)(=O)[O-])C1=O. The van der Waals surface area contributed by atoms with E-state index in [4.69, 9.17) is 0 Å². The number of amides is 2. The Labute approximate surface area is 123 Å². The highest BCUT2D eigenvalue weighted by molar-refractivity contribution is 7.87. The Balaban J connectivity index is 2.46. The van der Waals surface area contributed by atoms with Gasteiger partial charge < -0.3 is 9.39 Å². The molecule has 21 heavy (non-hydrogen) atoms. The molecule has 1 saturated heterocycles. The van der Waals surface area contributed by atoms with Crippen molar-refractivity contribution in [2.45, 2.75) is 57.1 Å². The van der Waals surface area contributed by atoms with Gasteiger partial charge in [0.25, 0.3) is 11.8 Å². The molecule has 0 bridgehead atoms. The molecule has 9 heteroatoms. The molecule has 2 amide bonds. The van der Waals surface area contributed by atoms with E-state index < -0.39 is 39.6 Å². The van der Waals surface area contributed by atoms with Gasteiger partial charge in [0.15, 0.2) is 0 Å². The van der Waals surface area contributed by atoms with Gasteiger partial charge in [-0.3, -0.25) is 9.59 Å². The molecule has 0 aliphatic carbocycles. The number of nitrogens with zero attached hydrogens (tertiary/aromatic N) is 1. The predicted octanol–water partition coefficient (Wildman–Crippen LogP) is 0.478. The van der Waals surface area contributed by atoms with Crippen LogP contribution in [0.4, 0.5) is 0 Å². The quantitative estimate of drug-likeness (QED) is 0.362. The molecule has 1 fully saturated rings. The molecule has 0 saturated carbocycles. The highest BCUT2D eigenvalue weighted by atomic mass is 32.2. The minimum atomic E-state index is -4.93. The maximum atomic E-state index is 11.6. The number of hydrogen-bond acceptors (Lipinski definition) is 7. The third-order valence-corrected chi connectivity index (χ3v) is 4.15. The van der Waals surface area contributed by atoms with Crippen LogP contribution in [0.15, 0.2) is 0 Å². The van der Waals surface area contributed by atoms with Gasteiger partial charge in [0.05, 0.1) is 6.42 Å². The van der Waals surface area contributed by atoms with Crippen LogP contribution in [0.1, 0.15) is 51.9 Å². The lowest BCUT2D eigenvalue weighted by Gasteiger charge is -2.15. The standard InChI is InChI=1S/C12H19NO7S/c1-2-3-4-5-6-7-11(15)20-13-10(14)8-9(12(13)16)21(17,18)19/h9H,2-8H2,1H3,(H,17,18,19)/p-1. The maximum Gasteiger partial charge on any atom is 0.333 e. The molecule has 1 rings (SSSR count). The molecule has 0 radical (unpaired) electrons. The van der Waals surface area contributed by atoms with E-state index in [1.54, 1.807) is 0 Å². The number of imide groups is 1. The molecule has 0 aromatic heterocycles. The molecule has 0 spiro atoms. The monoisotopic (exact) mass is 320 g/mol. The van der Waals surface area contributed by atoms with Crippen molar-refractivity contribution in [1.82, 2.24) is 5.06 Å². The van der Waals surface area contributed by atoms with Gasteiger partial charge in [-0.25, -0.2) is 13.2 Å². The first-order valence-corrected chi connectivity index (χ1v) is 8.26. The summed E-state index contributed by atoms with van der Waals surface area (Å²) in [6.45, 7) is 2.05. The van der Waals surface area contributed by atoms with E-state index in [0.717, 1.165) is 25.7 Å². The fraction of sp³-hybridized carbons (Fsp3) is 0.750. The van der Waals surface area contributed by atoms with E-state index >= 15 is 0 Å². The molecular weight excluding hydrogens is 302 g/mol. The summed E-state index contributed by atoms with van der Waals surface area (Å²) in [5, 5.41) is -1.91. The summed E-state index contributed by atoms with van der Waals surface area (Å²) in [5.41, 5.74) is 0. The first kappa shape index (κ1) is 17.6. The van der Waals surface area contributed by atoms with Gasteiger partial charge in [-0.2, -0.15) is 0 Å². The molecule has 0 aromatic rings. The second-order valence-electron chi connectivity index (χ2n) is 4.84. The summed E-state index contributed by atoms with van der Waals surface area (Å²) in [5.74, 6) is -3.09. The third kappa shape index (κ3) is 5.09. The average molecular weight is 320 g/mol. The van der Waals surface area contributed by atoms with Crippen LogP contribution in [0, 0.1) is 0 Å². The Bertz CT molecular complexity index is 514. The summed E-state index contributed by atoms with van der Waals surface area (Å²) in [7, 11) is -4.93. The van der Waals surface area contributed by atoms with E-state index in [2.05, 4.69) is 11.8 Å². The van der Waals surface area contributed by atoms with Crippen LogP contribution in [-0.2, 0) is 29.3 Å². The van der Waals surface area contributed by atoms with Crippen molar-refractivity contribution < 1.29 is 32.2 Å². The molecule has 1 atom stereocenters. The normalized spacial score (nSPS) is 19.1. The summed E-state index contributed by atoms with van der Waals surface area (Å²) < 4.78 is 32.4. The second-order valence-corrected chi connectivity index (χ2v) is 6.39. The average Bonchev–Trinajstić information content (AvgIpc) is 2.66. The Morgan fingerprint density at radius 2 is 1.90 bits per heavy atom. The molecule has 1 unspecified atom stereocenters. The Morgan fingerprint density at radius 1 is 1.29 bits per heavy atom. The van der Waals surface area contributed by atoms with Gasteiger partial charge in [0.2, 0.25) is 0 Å². The van der Waals surface area contributed by atoms with Crippen LogP contribution in [0.2, 0.25) is 0 Å². The number of hydroxylamine groups is 2. The minimum absolute atomic E-state index is 0.0234. The molecule has 8 nitrogen and oxygen atoms in total. The van der Waals surface area contributed by atoms with Gasteiger partial charge in [0.1, 0.15) is 15.4 Å². The summed E-state index contributed by atoms with van der Waals surface area (Å²) in [6, 6.07) is 0. The fourth-order valence-electron chi connectivity index (χ4n) is 1.92. The lowest BCUT2D eigenvalue weighted by atomic mass is 10.1.